The lowest BCUT2D eigenvalue weighted by atomic mass is 9.99. The molecule has 0 spiro atoms. The first-order chi connectivity index (χ1) is 11.9. The minimum Gasteiger partial charge on any atom is -0.345 e. The van der Waals surface area contributed by atoms with Crippen LogP contribution in [0, 0.1) is 17.3 Å². The van der Waals surface area contributed by atoms with Crippen molar-refractivity contribution in [3.63, 3.8) is 0 Å². The maximum absolute atomic E-state index is 13.0. The number of hydrogen-bond acceptors (Lipinski definition) is 2. The number of benzene rings is 1. The fourth-order valence-electron chi connectivity index (χ4n) is 3.64. The lowest BCUT2D eigenvalue weighted by Gasteiger charge is -2.20. The average molecular weight is 334 g/mol. The Balaban J connectivity index is 1.84. The fraction of sp³-hybridized carbons (Fsp3) is 0.364. The van der Waals surface area contributed by atoms with Crippen molar-refractivity contribution < 1.29 is 4.79 Å². The van der Waals surface area contributed by atoms with E-state index in [1.54, 1.807) is 12.4 Å². The highest BCUT2D eigenvalue weighted by Crippen LogP contribution is 2.59. The summed E-state index contributed by atoms with van der Waals surface area (Å²) >= 11 is 0. The molecular weight excluding hydrogens is 308 g/mol. The number of aromatic nitrogens is 1. The van der Waals surface area contributed by atoms with Gasteiger partial charge in [-0.15, -0.1) is 0 Å². The van der Waals surface area contributed by atoms with Crippen LogP contribution in [0.4, 0.5) is 0 Å². The van der Waals surface area contributed by atoms with E-state index in [1.807, 2.05) is 30.3 Å². The summed E-state index contributed by atoms with van der Waals surface area (Å²) in [6.07, 6.45) is 5.77. The molecular formula is C22H26N2O. The standard InChI is InChI=1S/C22H26N2O/c1-15(2)14-18-19(22(18,3)4)21(25)24-20(16-8-6-5-7-9-16)17-10-12-23-13-11-17/h5-14,18-20H,1-4H3,(H,24,25)/t18-,19-,20+/m1/s1. The van der Waals surface area contributed by atoms with Crippen LogP contribution in [-0.2, 0) is 4.79 Å². The van der Waals surface area contributed by atoms with Gasteiger partial charge in [-0.1, -0.05) is 55.8 Å². The highest BCUT2D eigenvalue weighted by Gasteiger charge is 2.60. The van der Waals surface area contributed by atoms with Gasteiger partial charge in [-0.05, 0) is 48.4 Å². The lowest BCUT2D eigenvalue weighted by Crippen LogP contribution is -2.31. The van der Waals surface area contributed by atoms with Crippen LogP contribution >= 0.6 is 0 Å². The summed E-state index contributed by atoms with van der Waals surface area (Å²) in [7, 11) is 0. The summed E-state index contributed by atoms with van der Waals surface area (Å²) in [5.74, 6) is 0.458. The van der Waals surface area contributed by atoms with E-state index < -0.39 is 0 Å². The molecule has 1 fully saturated rings. The summed E-state index contributed by atoms with van der Waals surface area (Å²) in [6.45, 7) is 8.52. The summed E-state index contributed by atoms with van der Waals surface area (Å²) in [5, 5.41) is 3.27. The second-order valence-electron chi connectivity index (χ2n) is 7.70. The number of carbonyl (C=O) groups is 1. The predicted molar refractivity (Wildman–Crippen MR) is 101 cm³/mol. The highest BCUT2D eigenvalue weighted by molar-refractivity contribution is 5.84. The summed E-state index contributed by atoms with van der Waals surface area (Å²) in [4.78, 5) is 17.1. The summed E-state index contributed by atoms with van der Waals surface area (Å²) in [6, 6.07) is 13.9. The molecule has 3 heteroatoms. The van der Waals surface area contributed by atoms with E-state index in [-0.39, 0.29) is 23.3 Å². The van der Waals surface area contributed by atoms with E-state index in [9.17, 15) is 4.79 Å². The molecule has 130 valence electrons. The molecule has 1 N–H and O–H groups in total. The van der Waals surface area contributed by atoms with Gasteiger partial charge in [-0.3, -0.25) is 9.78 Å². The topological polar surface area (TPSA) is 42.0 Å². The van der Waals surface area contributed by atoms with Crippen molar-refractivity contribution in [2.24, 2.45) is 17.3 Å². The second-order valence-corrected chi connectivity index (χ2v) is 7.70. The zero-order chi connectivity index (χ0) is 18.0. The zero-order valence-electron chi connectivity index (χ0n) is 15.4. The van der Waals surface area contributed by atoms with Crippen molar-refractivity contribution in [1.82, 2.24) is 10.3 Å². The van der Waals surface area contributed by atoms with Crippen molar-refractivity contribution in [2.75, 3.05) is 0 Å². The molecule has 1 saturated carbocycles. The number of allylic oxidation sites excluding steroid dienone is 2. The van der Waals surface area contributed by atoms with Crippen molar-refractivity contribution >= 4 is 5.91 Å². The van der Waals surface area contributed by atoms with Crippen LogP contribution in [0.1, 0.15) is 44.9 Å². The minimum absolute atomic E-state index is 0.0147. The van der Waals surface area contributed by atoms with Crippen molar-refractivity contribution in [1.29, 1.82) is 0 Å². The number of hydrogen-bond donors (Lipinski definition) is 1. The molecule has 25 heavy (non-hydrogen) atoms. The Labute approximate surface area is 150 Å². The van der Waals surface area contributed by atoms with Crippen LogP contribution in [0.15, 0.2) is 66.5 Å². The zero-order valence-corrected chi connectivity index (χ0v) is 15.4. The quantitative estimate of drug-likeness (QED) is 0.817. The van der Waals surface area contributed by atoms with Gasteiger partial charge in [-0.2, -0.15) is 0 Å². The number of nitrogens with one attached hydrogen (secondary N) is 1. The van der Waals surface area contributed by atoms with Gasteiger partial charge < -0.3 is 5.32 Å². The summed E-state index contributed by atoms with van der Waals surface area (Å²) in [5.41, 5.74) is 3.41. The molecule has 1 aromatic heterocycles. The molecule has 1 aliphatic rings. The predicted octanol–water partition coefficient (Wildman–Crippen LogP) is 4.53. The Bertz CT molecular complexity index is 722. The number of pyridine rings is 1. The molecule has 2 aromatic rings. The van der Waals surface area contributed by atoms with Crippen LogP contribution in [0.3, 0.4) is 0 Å². The number of nitrogens with zero attached hydrogens (tertiary/aromatic N) is 1. The SMILES string of the molecule is CC(C)=C[C@@H]1[C@H](C(=O)N[C@@H](c2ccccc2)c2ccncc2)C1(C)C. The Morgan fingerprint density at radius 2 is 1.68 bits per heavy atom. The molecule has 0 radical (unpaired) electrons. The molecule has 1 heterocycles. The minimum atomic E-state index is -0.152. The van der Waals surface area contributed by atoms with Gasteiger partial charge >= 0.3 is 0 Å². The van der Waals surface area contributed by atoms with Crippen LogP contribution in [-0.4, -0.2) is 10.9 Å². The van der Waals surface area contributed by atoms with Crippen LogP contribution in [0.5, 0.6) is 0 Å². The first-order valence-corrected chi connectivity index (χ1v) is 8.81. The fourth-order valence-corrected chi connectivity index (χ4v) is 3.64. The van der Waals surface area contributed by atoms with Crippen LogP contribution < -0.4 is 5.32 Å². The van der Waals surface area contributed by atoms with Gasteiger partial charge in [0.25, 0.3) is 0 Å². The number of carbonyl (C=O) groups excluding carboxylic acids is 1. The van der Waals surface area contributed by atoms with Gasteiger partial charge in [-0.25, -0.2) is 0 Å². The normalized spacial score (nSPS) is 21.9. The Hall–Kier alpha value is -2.42. The smallest absolute Gasteiger partial charge is 0.225 e. The van der Waals surface area contributed by atoms with Gasteiger partial charge in [0.2, 0.25) is 5.91 Å². The largest absolute Gasteiger partial charge is 0.345 e. The summed E-state index contributed by atoms with van der Waals surface area (Å²) < 4.78 is 0. The molecule has 0 aliphatic heterocycles. The van der Waals surface area contributed by atoms with Crippen LogP contribution in [0.2, 0.25) is 0 Å². The molecule has 3 rings (SSSR count). The Morgan fingerprint density at radius 1 is 1.08 bits per heavy atom. The third kappa shape index (κ3) is 3.65. The lowest BCUT2D eigenvalue weighted by molar-refractivity contribution is -0.123. The number of rotatable bonds is 5. The second kappa shape index (κ2) is 6.83. The monoisotopic (exact) mass is 334 g/mol. The van der Waals surface area contributed by atoms with Crippen molar-refractivity contribution in [3.8, 4) is 0 Å². The third-order valence-corrected chi connectivity index (χ3v) is 5.16. The van der Waals surface area contributed by atoms with E-state index in [0.717, 1.165) is 11.1 Å². The van der Waals surface area contributed by atoms with Crippen molar-refractivity contribution in [3.05, 3.63) is 77.6 Å². The molecule has 0 saturated heterocycles. The molecule has 3 nitrogen and oxygen atoms in total. The number of amides is 1. The molecule has 1 aromatic carbocycles. The Kier molecular flexibility index (Phi) is 4.76. The van der Waals surface area contributed by atoms with Crippen LogP contribution in [0.25, 0.3) is 0 Å². The van der Waals surface area contributed by atoms with E-state index in [1.165, 1.54) is 5.57 Å². The molecule has 0 bridgehead atoms. The molecule has 1 aliphatic carbocycles. The van der Waals surface area contributed by atoms with E-state index in [2.05, 4.69) is 56.2 Å². The Morgan fingerprint density at radius 3 is 2.28 bits per heavy atom. The average Bonchev–Trinajstić information content (AvgIpc) is 3.13. The van der Waals surface area contributed by atoms with Gasteiger partial charge in [0.1, 0.15) is 0 Å². The molecule has 0 unspecified atom stereocenters. The maximum Gasteiger partial charge on any atom is 0.225 e. The first kappa shape index (κ1) is 17.4. The van der Waals surface area contributed by atoms with Gasteiger partial charge in [0, 0.05) is 12.4 Å². The third-order valence-electron chi connectivity index (χ3n) is 5.16. The van der Waals surface area contributed by atoms with E-state index in [0.29, 0.717) is 5.92 Å². The highest BCUT2D eigenvalue weighted by atomic mass is 16.2. The van der Waals surface area contributed by atoms with Gasteiger partial charge in [0.05, 0.1) is 12.0 Å². The van der Waals surface area contributed by atoms with E-state index >= 15 is 0 Å². The molecule has 1 amide bonds. The van der Waals surface area contributed by atoms with E-state index in [4.69, 9.17) is 0 Å². The first-order valence-electron chi connectivity index (χ1n) is 8.81. The van der Waals surface area contributed by atoms with Gasteiger partial charge in [0.15, 0.2) is 0 Å². The molecule has 3 atom stereocenters. The van der Waals surface area contributed by atoms with Crippen molar-refractivity contribution in [2.45, 2.75) is 33.7 Å². The maximum atomic E-state index is 13.0.